The van der Waals surface area contributed by atoms with Gasteiger partial charge in [-0.15, -0.1) is 0 Å². The number of aromatic nitrogens is 2. The van der Waals surface area contributed by atoms with Gasteiger partial charge >= 0.3 is 0 Å². The number of nitrogens with zero attached hydrogens (tertiary/aromatic N) is 3. The summed E-state index contributed by atoms with van der Waals surface area (Å²) in [5.41, 5.74) is 1.65. The zero-order chi connectivity index (χ0) is 17.2. The van der Waals surface area contributed by atoms with Crippen LogP contribution in [-0.4, -0.2) is 29.0 Å². The lowest BCUT2D eigenvalue weighted by atomic mass is 9.97. The molecule has 7 heteroatoms. The van der Waals surface area contributed by atoms with Gasteiger partial charge in [-0.05, 0) is 43.2 Å². The molecule has 1 N–H and O–H groups in total. The highest BCUT2D eigenvalue weighted by atomic mass is 35.5. The number of nitrogens with one attached hydrogen (secondary N) is 1. The maximum atomic E-state index is 12.6. The van der Waals surface area contributed by atoms with Crippen LogP contribution in [0.25, 0.3) is 10.3 Å². The molecule has 1 fully saturated rings. The lowest BCUT2D eigenvalue weighted by molar-refractivity contribution is -0.120. The zero-order valence-electron chi connectivity index (χ0n) is 13.5. The highest BCUT2D eigenvalue weighted by Gasteiger charge is 2.27. The molecule has 0 unspecified atom stereocenters. The van der Waals surface area contributed by atoms with Crippen LogP contribution in [0.5, 0.6) is 0 Å². The van der Waals surface area contributed by atoms with Gasteiger partial charge in [-0.1, -0.05) is 29.0 Å². The summed E-state index contributed by atoms with van der Waals surface area (Å²) in [6.45, 7) is 1.59. The van der Waals surface area contributed by atoms with Gasteiger partial charge < -0.3 is 10.2 Å². The number of carbonyl (C=O) groups excluding carboxylic acids is 1. The molecule has 1 atom stereocenters. The van der Waals surface area contributed by atoms with Gasteiger partial charge in [0.25, 0.3) is 0 Å². The van der Waals surface area contributed by atoms with Gasteiger partial charge in [-0.25, -0.2) is 9.97 Å². The highest BCUT2D eigenvalue weighted by molar-refractivity contribution is 7.21. The largest absolute Gasteiger partial charge is 0.347 e. The second-order valence-electron chi connectivity index (χ2n) is 6.11. The van der Waals surface area contributed by atoms with Gasteiger partial charge in [-0.3, -0.25) is 4.79 Å². The number of thiazole rings is 1. The Balaban J connectivity index is 1.47. The Morgan fingerprint density at radius 2 is 2.24 bits per heavy atom. The van der Waals surface area contributed by atoms with E-state index in [4.69, 9.17) is 11.6 Å². The molecule has 0 saturated carbocycles. The fraction of sp³-hybridized carbons (Fsp3) is 0.278. The summed E-state index contributed by atoms with van der Waals surface area (Å²) in [4.78, 5) is 24.8. The van der Waals surface area contributed by atoms with Crippen molar-refractivity contribution in [1.29, 1.82) is 0 Å². The van der Waals surface area contributed by atoms with Crippen molar-refractivity contribution >= 4 is 50.0 Å². The summed E-state index contributed by atoms with van der Waals surface area (Å²) in [5.74, 6) is -0.0288. The number of halogens is 1. The van der Waals surface area contributed by atoms with E-state index in [0.717, 1.165) is 40.6 Å². The first-order valence-electron chi connectivity index (χ1n) is 8.22. The van der Waals surface area contributed by atoms with E-state index >= 15 is 0 Å². The molecule has 3 aromatic rings. The average molecular weight is 373 g/mol. The summed E-state index contributed by atoms with van der Waals surface area (Å²) in [5, 5.41) is 4.53. The number of carbonyl (C=O) groups is 1. The third-order valence-electron chi connectivity index (χ3n) is 4.31. The molecule has 1 aromatic carbocycles. The van der Waals surface area contributed by atoms with Gasteiger partial charge in [0.05, 0.1) is 5.92 Å². The highest BCUT2D eigenvalue weighted by Crippen LogP contribution is 2.30. The van der Waals surface area contributed by atoms with Crippen LogP contribution < -0.4 is 10.2 Å². The van der Waals surface area contributed by atoms with Crippen molar-refractivity contribution in [2.45, 2.75) is 12.8 Å². The number of piperidine rings is 1. The Morgan fingerprint density at radius 3 is 3.08 bits per heavy atom. The lowest BCUT2D eigenvalue weighted by Crippen LogP contribution is -2.40. The van der Waals surface area contributed by atoms with Crippen LogP contribution in [0.1, 0.15) is 12.8 Å². The molecule has 1 aliphatic heterocycles. The molecule has 25 heavy (non-hydrogen) atoms. The molecular weight excluding hydrogens is 356 g/mol. The van der Waals surface area contributed by atoms with Crippen molar-refractivity contribution in [3.8, 4) is 0 Å². The molecule has 0 aliphatic carbocycles. The third-order valence-corrected chi connectivity index (χ3v) is 5.59. The van der Waals surface area contributed by atoms with E-state index in [0.29, 0.717) is 11.6 Å². The third kappa shape index (κ3) is 3.60. The maximum Gasteiger partial charge on any atom is 0.229 e. The molecule has 4 rings (SSSR count). The Morgan fingerprint density at radius 1 is 1.32 bits per heavy atom. The first-order valence-corrected chi connectivity index (χ1v) is 9.41. The minimum Gasteiger partial charge on any atom is -0.347 e. The first-order chi connectivity index (χ1) is 12.2. The van der Waals surface area contributed by atoms with E-state index in [2.05, 4.69) is 20.2 Å². The van der Waals surface area contributed by atoms with Crippen LogP contribution in [0.4, 0.5) is 10.8 Å². The summed E-state index contributed by atoms with van der Waals surface area (Å²) in [7, 11) is 0. The summed E-state index contributed by atoms with van der Waals surface area (Å²) in [6, 6.07) is 11.1. The topological polar surface area (TPSA) is 58.1 Å². The molecule has 0 spiro atoms. The molecule has 3 heterocycles. The Hall–Kier alpha value is -2.18. The smallest absolute Gasteiger partial charge is 0.229 e. The number of benzene rings is 1. The van der Waals surface area contributed by atoms with E-state index in [-0.39, 0.29) is 11.8 Å². The minimum atomic E-state index is -0.0623. The Labute approximate surface area is 154 Å². The normalized spacial score (nSPS) is 17.6. The van der Waals surface area contributed by atoms with Crippen LogP contribution in [0.15, 0.2) is 42.6 Å². The van der Waals surface area contributed by atoms with Gasteiger partial charge in [0.15, 0.2) is 5.13 Å². The van der Waals surface area contributed by atoms with Gasteiger partial charge in [0.2, 0.25) is 5.91 Å². The minimum absolute atomic E-state index is 0.0335. The van der Waals surface area contributed by atoms with E-state index in [1.807, 2.05) is 24.3 Å². The standard InChI is InChI=1S/C18H17ClN4OS/c19-13-5-1-6-14(10-13)21-16(24)12-4-3-9-23(11-12)18-22-15-7-2-8-20-17(15)25-18/h1-2,5-8,10,12H,3-4,9,11H2,(H,21,24)/t12-/m1/s1. The Kier molecular flexibility index (Phi) is 4.55. The second kappa shape index (κ2) is 6.98. The van der Waals surface area contributed by atoms with Crippen molar-refractivity contribution in [1.82, 2.24) is 9.97 Å². The van der Waals surface area contributed by atoms with Crippen LogP contribution in [0.2, 0.25) is 5.02 Å². The summed E-state index contributed by atoms with van der Waals surface area (Å²) in [6.07, 6.45) is 3.63. The van der Waals surface area contributed by atoms with Crippen LogP contribution in [-0.2, 0) is 4.79 Å². The van der Waals surface area contributed by atoms with Gasteiger partial charge in [-0.2, -0.15) is 0 Å². The molecule has 5 nitrogen and oxygen atoms in total. The van der Waals surface area contributed by atoms with E-state index in [9.17, 15) is 4.79 Å². The van der Waals surface area contributed by atoms with Crippen LogP contribution in [0, 0.1) is 5.92 Å². The first kappa shape index (κ1) is 16.3. The fourth-order valence-electron chi connectivity index (χ4n) is 3.07. The summed E-state index contributed by atoms with van der Waals surface area (Å²) < 4.78 is 0. The van der Waals surface area contributed by atoms with Crippen molar-refractivity contribution in [2.24, 2.45) is 5.92 Å². The summed E-state index contributed by atoms with van der Waals surface area (Å²) >= 11 is 7.56. The number of hydrogen-bond donors (Lipinski definition) is 1. The lowest BCUT2D eigenvalue weighted by Gasteiger charge is -2.31. The number of fused-ring (bicyclic) bond motifs is 1. The number of hydrogen-bond acceptors (Lipinski definition) is 5. The van der Waals surface area contributed by atoms with Crippen molar-refractivity contribution in [2.75, 3.05) is 23.3 Å². The maximum absolute atomic E-state index is 12.6. The second-order valence-corrected chi connectivity index (χ2v) is 7.50. The van der Waals surface area contributed by atoms with E-state index in [1.54, 1.807) is 29.7 Å². The fourth-order valence-corrected chi connectivity index (χ4v) is 4.20. The molecule has 0 bridgehead atoms. The molecular formula is C18H17ClN4OS. The quantitative estimate of drug-likeness (QED) is 0.748. The van der Waals surface area contributed by atoms with Crippen molar-refractivity contribution in [3.63, 3.8) is 0 Å². The van der Waals surface area contributed by atoms with Crippen molar-refractivity contribution in [3.05, 3.63) is 47.6 Å². The molecule has 2 aromatic heterocycles. The number of rotatable bonds is 3. The molecule has 128 valence electrons. The van der Waals surface area contributed by atoms with Gasteiger partial charge in [0.1, 0.15) is 10.3 Å². The predicted octanol–water partition coefficient (Wildman–Crippen LogP) is 4.20. The Bertz CT molecular complexity index is 880. The molecule has 1 amide bonds. The van der Waals surface area contributed by atoms with Gasteiger partial charge in [0, 0.05) is 30.0 Å². The molecule has 1 saturated heterocycles. The van der Waals surface area contributed by atoms with Crippen molar-refractivity contribution < 1.29 is 4.79 Å². The predicted molar refractivity (Wildman–Crippen MR) is 102 cm³/mol. The van der Waals surface area contributed by atoms with E-state index < -0.39 is 0 Å². The zero-order valence-corrected chi connectivity index (χ0v) is 15.1. The monoisotopic (exact) mass is 372 g/mol. The average Bonchev–Trinajstić information content (AvgIpc) is 3.06. The number of amides is 1. The van der Waals surface area contributed by atoms with Crippen LogP contribution in [0.3, 0.4) is 0 Å². The molecule has 1 aliphatic rings. The number of anilines is 2. The number of pyridine rings is 1. The molecule has 0 radical (unpaired) electrons. The van der Waals surface area contributed by atoms with Crippen LogP contribution >= 0.6 is 22.9 Å². The SMILES string of the molecule is O=C(Nc1cccc(Cl)c1)[C@@H]1CCCN(c2nc3cccnc3s2)C1. The van der Waals surface area contributed by atoms with E-state index in [1.165, 1.54) is 0 Å².